The molecular formula is C14H13NO7. The standard InChI is InChI=1S/C14H13NO7/c1-8(16)21-10-4-3-9(7-11(10)20-2)14(19)22-15-12(17)5-6-13(15)18/h3-4,7H,5-6H2,1-2H3. The Morgan fingerprint density at radius 1 is 1.09 bits per heavy atom. The van der Waals surface area contributed by atoms with Crippen molar-refractivity contribution in [1.82, 2.24) is 5.06 Å². The lowest BCUT2D eigenvalue weighted by atomic mass is 10.2. The molecule has 0 bridgehead atoms. The summed E-state index contributed by atoms with van der Waals surface area (Å²) in [5, 5.41) is 0.453. The van der Waals surface area contributed by atoms with Crippen molar-refractivity contribution in [1.29, 1.82) is 0 Å². The number of hydrogen-bond acceptors (Lipinski definition) is 7. The first-order chi connectivity index (χ1) is 10.4. The van der Waals surface area contributed by atoms with Crippen LogP contribution in [0.15, 0.2) is 18.2 Å². The van der Waals surface area contributed by atoms with Gasteiger partial charge in [-0.2, -0.15) is 0 Å². The maximum atomic E-state index is 12.0. The van der Waals surface area contributed by atoms with Crippen molar-refractivity contribution in [2.75, 3.05) is 7.11 Å². The Kier molecular flexibility index (Phi) is 4.40. The third-order valence-corrected chi connectivity index (χ3v) is 2.83. The molecule has 8 nitrogen and oxygen atoms in total. The minimum absolute atomic E-state index is 0.0147. The predicted molar refractivity (Wildman–Crippen MR) is 70.8 cm³/mol. The van der Waals surface area contributed by atoms with E-state index in [1.165, 1.54) is 32.2 Å². The summed E-state index contributed by atoms with van der Waals surface area (Å²) in [5.74, 6) is -2.29. The summed E-state index contributed by atoms with van der Waals surface area (Å²) >= 11 is 0. The van der Waals surface area contributed by atoms with Gasteiger partial charge in [0.15, 0.2) is 11.5 Å². The fraction of sp³-hybridized carbons (Fsp3) is 0.286. The highest BCUT2D eigenvalue weighted by Gasteiger charge is 2.33. The SMILES string of the molecule is COc1cc(C(=O)ON2C(=O)CCC2=O)ccc1OC(C)=O. The van der Waals surface area contributed by atoms with E-state index in [1.54, 1.807) is 0 Å². The van der Waals surface area contributed by atoms with Crippen LogP contribution >= 0.6 is 0 Å². The number of esters is 1. The molecule has 1 saturated heterocycles. The van der Waals surface area contributed by atoms with Gasteiger partial charge in [-0.15, -0.1) is 5.06 Å². The molecule has 1 fully saturated rings. The molecule has 8 heteroatoms. The fourth-order valence-corrected chi connectivity index (χ4v) is 1.83. The molecule has 1 aliphatic heterocycles. The molecule has 0 aliphatic carbocycles. The summed E-state index contributed by atoms with van der Waals surface area (Å²) in [6, 6.07) is 3.96. The normalized spacial score (nSPS) is 14.0. The second-order valence-corrected chi connectivity index (χ2v) is 4.42. The molecule has 116 valence electrons. The van der Waals surface area contributed by atoms with Crippen LogP contribution in [0.5, 0.6) is 11.5 Å². The zero-order valence-corrected chi connectivity index (χ0v) is 12.0. The number of amides is 2. The smallest absolute Gasteiger partial charge is 0.364 e. The summed E-state index contributed by atoms with van der Waals surface area (Å²) in [7, 11) is 1.34. The van der Waals surface area contributed by atoms with Crippen molar-refractivity contribution >= 4 is 23.8 Å². The maximum absolute atomic E-state index is 12.0. The zero-order chi connectivity index (χ0) is 16.3. The van der Waals surface area contributed by atoms with E-state index in [9.17, 15) is 19.2 Å². The zero-order valence-electron chi connectivity index (χ0n) is 12.0. The molecular weight excluding hydrogens is 294 g/mol. The molecule has 0 radical (unpaired) electrons. The number of methoxy groups -OCH3 is 1. The molecule has 0 unspecified atom stereocenters. The van der Waals surface area contributed by atoms with Crippen LogP contribution in [0.3, 0.4) is 0 Å². The first-order valence-corrected chi connectivity index (χ1v) is 6.37. The molecule has 0 atom stereocenters. The van der Waals surface area contributed by atoms with Gasteiger partial charge in [-0.3, -0.25) is 14.4 Å². The molecule has 0 saturated carbocycles. The molecule has 22 heavy (non-hydrogen) atoms. The number of hydroxylamine groups is 2. The van der Waals surface area contributed by atoms with Crippen molar-refractivity contribution in [3.05, 3.63) is 23.8 Å². The second-order valence-electron chi connectivity index (χ2n) is 4.42. The van der Waals surface area contributed by atoms with Gasteiger partial charge in [0, 0.05) is 19.8 Å². The Balaban J connectivity index is 2.18. The van der Waals surface area contributed by atoms with Crippen molar-refractivity contribution < 1.29 is 33.5 Å². The third kappa shape index (κ3) is 3.22. The molecule has 2 rings (SSSR count). The summed E-state index contributed by atoms with van der Waals surface area (Å²) in [6.45, 7) is 1.23. The molecule has 1 aromatic carbocycles. The van der Waals surface area contributed by atoms with Crippen LogP contribution in [-0.2, 0) is 19.2 Å². The predicted octanol–water partition coefficient (Wildman–Crippen LogP) is 0.841. The molecule has 0 aromatic heterocycles. The van der Waals surface area contributed by atoms with Gasteiger partial charge in [0.25, 0.3) is 11.8 Å². The molecule has 1 heterocycles. The van der Waals surface area contributed by atoms with E-state index in [0.29, 0.717) is 5.06 Å². The van der Waals surface area contributed by atoms with E-state index < -0.39 is 23.8 Å². The van der Waals surface area contributed by atoms with Gasteiger partial charge in [0.05, 0.1) is 12.7 Å². The Labute approximate surface area is 125 Å². The van der Waals surface area contributed by atoms with Gasteiger partial charge in [0.2, 0.25) is 0 Å². The topological polar surface area (TPSA) is 99.2 Å². The van der Waals surface area contributed by atoms with Crippen LogP contribution in [0.1, 0.15) is 30.1 Å². The van der Waals surface area contributed by atoms with E-state index >= 15 is 0 Å². The van der Waals surface area contributed by atoms with Crippen molar-refractivity contribution in [3.8, 4) is 11.5 Å². The summed E-state index contributed by atoms with van der Waals surface area (Å²) in [5.41, 5.74) is 0.0419. The summed E-state index contributed by atoms with van der Waals surface area (Å²) in [6.07, 6.45) is 0.0294. The molecule has 0 spiro atoms. The van der Waals surface area contributed by atoms with E-state index in [1.807, 2.05) is 0 Å². The first kappa shape index (κ1) is 15.5. The van der Waals surface area contributed by atoms with E-state index in [-0.39, 0.29) is 29.9 Å². The monoisotopic (exact) mass is 307 g/mol. The average Bonchev–Trinajstić information content (AvgIpc) is 2.78. The number of benzene rings is 1. The first-order valence-electron chi connectivity index (χ1n) is 6.37. The van der Waals surface area contributed by atoms with Gasteiger partial charge in [-0.25, -0.2) is 4.79 Å². The van der Waals surface area contributed by atoms with Crippen LogP contribution < -0.4 is 9.47 Å². The quantitative estimate of drug-likeness (QED) is 0.461. The Morgan fingerprint density at radius 2 is 1.73 bits per heavy atom. The van der Waals surface area contributed by atoms with E-state index in [0.717, 1.165) is 0 Å². The Morgan fingerprint density at radius 3 is 2.27 bits per heavy atom. The molecule has 0 N–H and O–H groups in total. The number of carbonyl (C=O) groups excluding carboxylic acids is 4. The third-order valence-electron chi connectivity index (χ3n) is 2.83. The van der Waals surface area contributed by atoms with E-state index in [4.69, 9.17) is 14.3 Å². The average molecular weight is 307 g/mol. The number of imide groups is 1. The highest BCUT2D eigenvalue weighted by Crippen LogP contribution is 2.28. The number of rotatable bonds is 4. The van der Waals surface area contributed by atoms with Crippen LogP contribution in [-0.4, -0.2) is 35.9 Å². The van der Waals surface area contributed by atoms with Crippen LogP contribution in [0.2, 0.25) is 0 Å². The Bertz CT molecular complexity index is 637. The number of nitrogens with zero attached hydrogens (tertiary/aromatic N) is 1. The lowest BCUT2D eigenvalue weighted by molar-refractivity contribution is -0.172. The van der Waals surface area contributed by atoms with Crippen LogP contribution in [0.25, 0.3) is 0 Å². The highest BCUT2D eigenvalue weighted by atomic mass is 16.7. The van der Waals surface area contributed by atoms with Crippen LogP contribution in [0, 0.1) is 0 Å². The maximum Gasteiger partial charge on any atom is 0.364 e. The van der Waals surface area contributed by atoms with Gasteiger partial charge in [0.1, 0.15) is 0 Å². The van der Waals surface area contributed by atoms with Gasteiger partial charge in [-0.1, -0.05) is 0 Å². The van der Waals surface area contributed by atoms with Crippen molar-refractivity contribution in [2.24, 2.45) is 0 Å². The summed E-state index contributed by atoms with van der Waals surface area (Å²) in [4.78, 5) is 50.5. The molecule has 1 aliphatic rings. The largest absolute Gasteiger partial charge is 0.493 e. The summed E-state index contributed by atoms with van der Waals surface area (Å²) < 4.78 is 9.92. The lowest BCUT2D eigenvalue weighted by Crippen LogP contribution is -2.32. The van der Waals surface area contributed by atoms with Gasteiger partial charge < -0.3 is 14.3 Å². The van der Waals surface area contributed by atoms with Crippen LogP contribution in [0.4, 0.5) is 0 Å². The van der Waals surface area contributed by atoms with Gasteiger partial charge >= 0.3 is 11.9 Å². The molecule has 2 amide bonds. The minimum Gasteiger partial charge on any atom is -0.493 e. The number of ether oxygens (including phenoxy) is 2. The number of carbonyl (C=O) groups is 4. The van der Waals surface area contributed by atoms with E-state index in [2.05, 4.69) is 0 Å². The second kappa shape index (κ2) is 6.25. The van der Waals surface area contributed by atoms with Crippen molar-refractivity contribution in [2.45, 2.75) is 19.8 Å². The number of hydrogen-bond donors (Lipinski definition) is 0. The highest BCUT2D eigenvalue weighted by molar-refractivity contribution is 6.02. The fourth-order valence-electron chi connectivity index (χ4n) is 1.83. The van der Waals surface area contributed by atoms with Gasteiger partial charge in [-0.05, 0) is 18.2 Å². The lowest BCUT2D eigenvalue weighted by Gasteiger charge is -2.13. The Hall–Kier alpha value is -2.90. The molecule has 1 aromatic rings. The van der Waals surface area contributed by atoms with Crippen molar-refractivity contribution in [3.63, 3.8) is 0 Å². The minimum atomic E-state index is -0.892.